The van der Waals surface area contributed by atoms with Gasteiger partial charge in [0.2, 0.25) is 0 Å². The number of nitrogens with two attached hydrogens (primary N) is 1. The summed E-state index contributed by atoms with van der Waals surface area (Å²) in [5, 5.41) is 3.89. The zero-order chi connectivity index (χ0) is 16.8. The van der Waals surface area contributed by atoms with Gasteiger partial charge in [-0.1, -0.05) is 26.8 Å². The second-order valence-electron chi connectivity index (χ2n) is 8.35. The SMILES string of the molecule is CC(C)(C)[Si](C)(C)O[C@@H]1CO[C@H]2C[C@@H]1Nc1ccc(CN)cc12. The largest absolute Gasteiger partial charge is 0.409 e. The fourth-order valence-electron chi connectivity index (χ4n) is 3.15. The number of nitrogens with one attached hydrogen (secondary N) is 1. The van der Waals surface area contributed by atoms with E-state index in [4.69, 9.17) is 14.9 Å². The Bertz CT molecular complexity index is 583. The van der Waals surface area contributed by atoms with Crippen molar-refractivity contribution in [3.05, 3.63) is 29.3 Å². The normalized spacial score (nSPS) is 27.3. The predicted molar refractivity (Wildman–Crippen MR) is 97.1 cm³/mol. The van der Waals surface area contributed by atoms with Gasteiger partial charge in [0, 0.05) is 24.2 Å². The molecule has 1 saturated heterocycles. The molecular formula is C18H30N2O2Si. The van der Waals surface area contributed by atoms with Crippen molar-refractivity contribution in [1.82, 2.24) is 0 Å². The zero-order valence-corrected chi connectivity index (χ0v) is 16.0. The lowest BCUT2D eigenvalue weighted by Crippen LogP contribution is -2.54. The number of anilines is 1. The zero-order valence-electron chi connectivity index (χ0n) is 15.0. The van der Waals surface area contributed by atoms with Crippen LogP contribution >= 0.6 is 0 Å². The number of hydrogen-bond donors (Lipinski definition) is 2. The molecular weight excluding hydrogens is 304 g/mol. The van der Waals surface area contributed by atoms with Crippen LogP contribution in [0.3, 0.4) is 0 Å². The van der Waals surface area contributed by atoms with Crippen LogP contribution in [0.25, 0.3) is 0 Å². The second-order valence-corrected chi connectivity index (χ2v) is 13.1. The lowest BCUT2D eigenvalue weighted by atomic mass is 9.89. The quantitative estimate of drug-likeness (QED) is 0.826. The minimum absolute atomic E-state index is 0.134. The summed E-state index contributed by atoms with van der Waals surface area (Å²) in [6.07, 6.45) is 1.27. The molecule has 1 aromatic rings. The van der Waals surface area contributed by atoms with Crippen LogP contribution in [-0.2, 0) is 15.7 Å². The topological polar surface area (TPSA) is 56.5 Å². The van der Waals surface area contributed by atoms with Crippen LogP contribution < -0.4 is 11.1 Å². The Hall–Kier alpha value is -0.883. The third kappa shape index (κ3) is 3.20. The molecule has 0 radical (unpaired) electrons. The first-order valence-electron chi connectivity index (χ1n) is 8.60. The minimum Gasteiger partial charge on any atom is -0.409 e. The fourth-order valence-corrected chi connectivity index (χ4v) is 4.50. The van der Waals surface area contributed by atoms with Crippen molar-refractivity contribution >= 4 is 14.0 Å². The van der Waals surface area contributed by atoms with Crippen LogP contribution in [0.1, 0.15) is 44.4 Å². The van der Waals surface area contributed by atoms with Gasteiger partial charge in [-0.05, 0) is 35.8 Å². The summed E-state index contributed by atoms with van der Waals surface area (Å²) in [6.45, 7) is 12.7. The molecule has 1 fully saturated rings. The van der Waals surface area contributed by atoms with Gasteiger partial charge in [0.1, 0.15) is 0 Å². The number of hydrogen-bond acceptors (Lipinski definition) is 4. The van der Waals surface area contributed by atoms with E-state index in [1.807, 2.05) is 0 Å². The molecule has 0 aromatic heterocycles. The van der Waals surface area contributed by atoms with E-state index in [0.717, 1.165) is 12.0 Å². The average Bonchev–Trinajstić information content (AvgIpc) is 2.48. The molecule has 2 aliphatic rings. The molecule has 128 valence electrons. The van der Waals surface area contributed by atoms with Crippen LogP contribution in [0.15, 0.2) is 18.2 Å². The maximum absolute atomic E-state index is 6.62. The van der Waals surface area contributed by atoms with Crippen LogP contribution in [0, 0.1) is 0 Å². The molecule has 4 nitrogen and oxygen atoms in total. The Balaban J connectivity index is 1.79. The van der Waals surface area contributed by atoms with Gasteiger partial charge in [-0.3, -0.25) is 0 Å². The van der Waals surface area contributed by atoms with Gasteiger partial charge >= 0.3 is 0 Å². The van der Waals surface area contributed by atoms with Gasteiger partial charge in [0.05, 0.1) is 24.9 Å². The molecule has 1 aromatic carbocycles. The van der Waals surface area contributed by atoms with Crippen molar-refractivity contribution < 1.29 is 9.16 Å². The van der Waals surface area contributed by atoms with E-state index in [1.165, 1.54) is 11.3 Å². The Kier molecular flexibility index (Phi) is 4.34. The molecule has 0 saturated carbocycles. The summed E-state index contributed by atoms with van der Waals surface area (Å²) < 4.78 is 12.8. The standard InChI is InChI=1S/C18H30N2O2Si/c1-18(2,3)23(4,5)22-17-11-21-16-9-15(17)20-14-7-6-12(10-19)8-13(14)16/h6-8,15-17,20H,9-11,19H2,1-5H3/t15-,16-,17+/m0/s1. The molecule has 23 heavy (non-hydrogen) atoms. The smallest absolute Gasteiger partial charge is 0.192 e. The van der Waals surface area contributed by atoms with E-state index in [-0.39, 0.29) is 17.2 Å². The average molecular weight is 335 g/mol. The van der Waals surface area contributed by atoms with Gasteiger partial charge in [0.15, 0.2) is 8.32 Å². The summed E-state index contributed by atoms with van der Waals surface area (Å²) in [7, 11) is -1.79. The van der Waals surface area contributed by atoms with Crippen LogP contribution in [0.5, 0.6) is 0 Å². The van der Waals surface area contributed by atoms with E-state index >= 15 is 0 Å². The highest BCUT2D eigenvalue weighted by molar-refractivity contribution is 6.74. The van der Waals surface area contributed by atoms with Crippen molar-refractivity contribution in [3.63, 3.8) is 0 Å². The van der Waals surface area contributed by atoms with Crippen molar-refractivity contribution in [2.45, 2.75) is 70.1 Å². The third-order valence-corrected chi connectivity index (χ3v) is 10.2. The molecule has 0 aliphatic carbocycles. The highest BCUT2D eigenvalue weighted by Crippen LogP contribution is 2.43. The van der Waals surface area contributed by atoms with E-state index < -0.39 is 8.32 Å². The lowest BCUT2D eigenvalue weighted by Gasteiger charge is -2.47. The molecule has 0 unspecified atom stereocenters. The van der Waals surface area contributed by atoms with E-state index in [0.29, 0.717) is 19.2 Å². The number of rotatable bonds is 3. The summed E-state index contributed by atoms with van der Waals surface area (Å²) in [4.78, 5) is 0. The van der Waals surface area contributed by atoms with Gasteiger partial charge in [-0.25, -0.2) is 0 Å². The lowest BCUT2D eigenvalue weighted by molar-refractivity contribution is -0.0620. The molecule has 0 spiro atoms. The number of fused-ring (bicyclic) bond motifs is 4. The molecule has 2 heterocycles. The molecule has 3 rings (SSSR count). The maximum Gasteiger partial charge on any atom is 0.192 e. The van der Waals surface area contributed by atoms with Crippen LogP contribution in [-0.4, -0.2) is 27.1 Å². The Morgan fingerprint density at radius 1 is 1.35 bits per heavy atom. The predicted octanol–water partition coefficient (Wildman–Crippen LogP) is 3.79. The summed E-state index contributed by atoms with van der Waals surface area (Å²) in [5.41, 5.74) is 9.34. The molecule has 3 atom stereocenters. The highest BCUT2D eigenvalue weighted by Gasteiger charge is 2.44. The first-order chi connectivity index (χ1) is 10.7. The van der Waals surface area contributed by atoms with Crippen LogP contribution in [0.2, 0.25) is 18.1 Å². The van der Waals surface area contributed by atoms with Crippen molar-refractivity contribution in [2.75, 3.05) is 11.9 Å². The third-order valence-electron chi connectivity index (χ3n) is 5.67. The Morgan fingerprint density at radius 3 is 2.74 bits per heavy atom. The van der Waals surface area contributed by atoms with Crippen LogP contribution in [0.4, 0.5) is 5.69 Å². The molecule has 0 amide bonds. The minimum atomic E-state index is -1.79. The van der Waals surface area contributed by atoms with Gasteiger partial charge in [-0.2, -0.15) is 0 Å². The summed E-state index contributed by atoms with van der Waals surface area (Å²) >= 11 is 0. The van der Waals surface area contributed by atoms with Crippen molar-refractivity contribution in [1.29, 1.82) is 0 Å². The maximum atomic E-state index is 6.62. The Morgan fingerprint density at radius 2 is 2.09 bits per heavy atom. The number of ether oxygens (including phenoxy) is 1. The van der Waals surface area contributed by atoms with E-state index in [1.54, 1.807) is 0 Å². The Labute approximate surface area is 140 Å². The van der Waals surface area contributed by atoms with E-state index in [2.05, 4.69) is 57.4 Å². The van der Waals surface area contributed by atoms with Gasteiger partial charge < -0.3 is 20.2 Å². The molecule has 2 bridgehead atoms. The molecule has 5 heteroatoms. The first-order valence-corrected chi connectivity index (χ1v) is 11.5. The van der Waals surface area contributed by atoms with E-state index in [9.17, 15) is 0 Å². The fraction of sp³-hybridized carbons (Fsp3) is 0.667. The second kappa shape index (κ2) is 5.88. The highest BCUT2D eigenvalue weighted by atomic mass is 28.4. The monoisotopic (exact) mass is 334 g/mol. The van der Waals surface area contributed by atoms with Crippen molar-refractivity contribution in [2.24, 2.45) is 5.73 Å². The summed E-state index contributed by atoms with van der Waals surface area (Å²) in [5.74, 6) is 0. The van der Waals surface area contributed by atoms with Gasteiger partial charge in [-0.15, -0.1) is 0 Å². The molecule has 2 aliphatic heterocycles. The number of benzene rings is 1. The van der Waals surface area contributed by atoms with Gasteiger partial charge in [0.25, 0.3) is 0 Å². The van der Waals surface area contributed by atoms with Crippen molar-refractivity contribution in [3.8, 4) is 0 Å². The first kappa shape index (κ1) is 17.0. The molecule has 3 N–H and O–H groups in total. The summed E-state index contributed by atoms with van der Waals surface area (Å²) in [6, 6.07) is 6.74.